The Labute approximate surface area is 174 Å². The summed E-state index contributed by atoms with van der Waals surface area (Å²) in [6.45, 7) is 2.01. The van der Waals surface area contributed by atoms with Crippen LogP contribution in [0.3, 0.4) is 0 Å². The minimum absolute atomic E-state index is 0.0977. The highest BCUT2D eigenvalue weighted by Gasteiger charge is 2.14. The fourth-order valence-corrected chi connectivity index (χ4v) is 2.98. The molecule has 0 aromatic heterocycles. The molecule has 3 aromatic carbocycles. The number of carbonyl (C=O) groups excluding carboxylic acids is 2. The molecule has 0 saturated heterocycles. The van der Waals surface area contributed by atoms with Crippen molar-refractivity contribution in [2.75, 3.05) is 0 Å². The maximum atomic E-state index is 12.6. The fraction of sp³-hybridized carbons (Fsp3) is 0.130. The van der Waals surface area contributed by atoms with Crippen molar-refractivity contribution < 1.29 is 14.3 Å². The number of nitrogens with one attached hydrogen (secondary N) is 1. The van der Waals surface area contributed by atoms with Crippen molar-refractivity contribution in [1.29, 1.82) is 0 Å². The van der Waals surface area contributed by atoms with E-state index in [2.05, 4.69) is 5.32 Å². The van der Waals surface area contributed by atoms with Gasteiger partial charge in [0.05, 0.1) is 6.04 Å². The van der Waals surface area contributed by atoms with Crippen LogP contribution < -0.4 is 15.8 Å². The number of ether oxygens (including phenoxy) is 1. The fourth-order valence-electron chi connectivity index (χ4n) is 2.86. The van der Waals surface area contributed by atoms with Crippen LogP contribution in [0, 0.1) is 0 Å². The molecule has 0 radical (unpaired) electrons. The van der Waals surface area contributed by atoms with E-state index in [9.17, 15) is 9.59 Å². The minimum atomic E-state index is -0.490. The van der Waals surface area contributed by atoms with E-state index in [0.29, 0.717) is 27.6 Å². The zero-order valence-corrected chi connectivity index (χ0v) is 16.6. The maximum absolute atomic E-state index is 12.6. The molecule has 29 heavy (non-hydrogen) atoms. The van der Waals surface area contributed by atoms with E-state index >= 15 is 0 Å². The van der Waals surface area contributed by atoms with Crippen molar-refractivity contribution in [2.45, 2.75) is 19.4 Å². The van der Waals surface area contributed by atoms with Crippen molar-refractivity contribution in [1.82, 2.24) is 5.32 Å². The summed E-state index contributed by atoms with van der Waals surface area (Å²) in [5.41, 5.74) is 7.18. The molecule has 1 unspecified atom stereocenters. The smallest absolute Gasteiger partial charge is 0.251 e. The molecule has 5 nitrogen and oxygen atoms in total. The highest BCUT2D eigenvalue weighted by molar-refractivity contribution is 6.30. The van der Waals surface area contributed by atoms with Gasteiger partial charge in [-0.15, -0.1) is 0 Å². The van der Waals surface area contributed by atoms with E-state index in [1.807, 2.05) is 31.2 Å². The monoisotopic (exact) mass is 408 g/mol. The second-order valence-corrected chi connectivity index (χ2v) is 6.94. The number of halogens is 1. The molecule has 3 N–H and O–H groups in total. The molecule has 0 bridgehead atoms. The molecule has 1 atom stereocenters. The lowest BCUT2D eigenvalue weighted by molar-refractivity contribution is 0.0934. The Morgan fingerprint density at radius 2 is 1.41 bits per heavy atom. The molecule has 0 aliphatic heterocycles. The van der Waals surface area contributed by atoms with Crippen molar-refractivity contribution in [3.8, 4) is 11.5 Å². The molecule has 2 amide bonds. The maximum Gasteiger partial charge on any atom is 0.251 e. The van der Waals surface area contributed by atoms with Crippen LogP contribution in [0.4, 0.5) is 0 Å². The predicted molar refractivity (Wildman–Crippen MR) is 113 cm³/mol. The highest BCUT2D eigenvalue weighted by Crippen LogP contribution is 2.23. The van der Waals surface area contributed by atoms with Crippen LogP contribution in [0.2, 0.25) is 5.02 Å². The molecule has 0 aliphatic rings. The first-order valence-corrected chi connectivity index (χ1v) is 9.58. The zero-order valence-electron chi connectivity index (χ0n) is 15.9. The second-order valence-electron chi connectivity index (χ2n) is 6.50. The van der Waals surface area contributed by atoms with Crippen LogP contribution in [-0.2, 0) is 0 Å². The molecule has 0 saturated carbocycles. The summed E-state index contributed by atoms with van der Waals surface area (Å²) < 4.78 is 5.73. The summed E-state index contributed by atoms with van der Waals surface area (Å²) in [6, 6.07) is 20.7. The van der Waals surface area contributed by atoms with Crippen LogP contribution in [0.25, 0.3) is 0 Å². The molecule has 3 rings (SSSR count). The van der Waals surface area contributed by atoms with E-state index in [0.717, 1.165) is 12.0 Å². The second kappa shape index (κ2) is 9.26. The number of primary amides is 1. The number of carbonyl (C=O) groups is 2. The molecule has 148 valence electrons. The van der Waals surface area contributed by atoms with E-state index in [4.69, 9.17) is 22.1 Å². The number of rotatable bonds is 7. The van der Waals surface area contributed by atoms with Gasteiger partial charge in [-0.25, -0.2) is 0 Å². The Bertz CT molecular complexity index is 984. The number of hydrogen-bond acceptors (Lipinski definition) is 3. The van der Waals surface area contributed by atoms with Gasteiger partial charge < -0.3 is 15.8 Å². The molecule has 6 heteroatoms. The molecule has 0 spiro atoms. The Morgan fingerprint density at radius 1 is 0.897 bits per heavy atom. The average molecular weight is 409 g/mol. The van der Waals surface area contributed by atoms with Gasteiger partial charge in [0, 0.05) is 16.1 Å². The van der Waals surface area contributed by atoms with Gasteiger partial charge in [-0.05, 0) is 72.6 Å². The molecular weight excluding hydrogens is 388 g/mol. The summed E-state index contributed by atoms with van der Waals surface area (Å²) in [7, 11) is 0. The van der Waals surface area contributed by atoms with Crippen LogP contribution in [0.15, 0.2) is 72.8 Å². The topological polar surface area (TPSA) is 81.4 Å². The summed E-state index contributed by atoms with van der Waals surface area (Å²) >= 11 is 5.94. The van der Waals surface area contributed by atoms with Crippen LogP contribution in [0.5, 0.6) is 11.5 Å². The number of hydrogen-bond donors (Lipinski definition) is 2. The van der Waals surface area contributed by atoms with Crippen LogP contribution in [-0.4, -0.2) is 11.8 Å². The van der Waals surface area contributed by atoms with Gasteiger partial charge in [0.25, 0.3) is 5.91 Å². The minimum Gasteiger partial charge on any atom is -0.457 e. The molecule has 0 fully saturated rings. The Morgan fingerprint density at radius 3 is 1.90 bits per heavy atom. The first-order chi connectivity index (χ1) is 14.0. The van der Waals surface area contributed by atoms with E-state index < -0.39 is 5.91 Å². The lowest BCUT2D eigenvalue weighted by Gasteiger charge is -2.18. The van der Waals surface area contributed by atoms with Crippen LogP contribution >= 0.6 is 11.6 Å². The molecule has 0 heterocycles. The Balaban J connectivity index is 1.64. The van der Waals surface area contributed by atoms with Gasteiger partial charge in [0.1, 0.15) is 11.5 Å². The average Bonchev–Trinajstić information content (AvgIpc) is 2.73. The zero-order chi connectivity index (χ0) is 20.8. The quantitative estimate of drug-likeness (QED) is 0.569. The third kappa shape index (κ3) is 5.36. The van der Waals surface area contributed by atoms with Crippen molar-refractivity contribution in [3.63, 3.8) is 0 Å². The van der Waals surface area contributed by atoms with Crippen molar-refractivity contribution in [2.24, 2.45) is 5.73 Å². The van der Waals surface area contributed by atoms with E-state index in [1.54, 1.807) is 48.5 Å². The summed E-state index contributed by atoms with van der Waals surface area (Å²) in [6.07, 6.45) is 0.760. The summed E-state index contributed by atoms with van der Waals surface area (Å²) in [4.78, 5) is 23.7. The first-order valence-electron chi connectivity index (χ1n) is 9.20. The Hall–Kier alpha value is -3.31. The van der Waals surface area contributed by atoms with E-state index in [-0.39, 0.29) is 11.9 Å². The number of nitrogens with two attached hydrogens (primary N) is 1. The number of benzene rings is 3. The van der Waals surface area contributed by atoms with Crippen molar-refractivity contribution >= 4 is 23.4 Å². The first kappa shape index (κ1) is 20.4. The van der Waals surface area contributed by atoms with Gasteiger partial charge in [0.2, 0.25) is 5.91 Å². The highest BCUT2D eigenvalue weighted by atomic mass is 35.5. The number of amides is 2. The SMILES string of the molecule is CCC(NC(=O)c1ccc(Oc2ccc(C(N)=O)cc2)cc1)c1ccc(Cl)cc1. The van der Waals surface area contributed by atoms with Gasteiger partial charge in [-0.2, -0.15) is 0 Å². The van der Waals surface area contributed by atoms with Gasteiger partial charge in [-0.3, -0.25) is 9.59 Å². The molecular formula is C23H21ClN2O3. The lowest BCUT2D eigenvalue weighted by Crippen LogP contribution is -2.28. The molecule has 3 aromatic rings. The van der Waals surface area contributed by atoms with Gasteiger partial charge in [-0.1, -0.05) is 30.7 Å². The third-order valence-electron chi connectivity index (χ3n) is 4.48. The normalized spacial score (nSPS) is 11.5. The van der Waals surface area contributed by atoms with Gasteiger partial charge >= 0.3 is 0 Å². The standard InChI is InChI=1S/C23H21ClN2O3/c1-2-21(15-3-9-18(24)10-4-15)26-23(28)17-7-13-20(14-8-17)29-19-11-5-16(6-12-19)22(25)27/h3-14,21H,2H2,1H3,(H2,25,27)(H,26,28). The van der Waals surface area contributed by atoms with Crippen molar-refractivity contribution in [3.05, 3.63) is 94.5 Å². The lowest BCUT2D eigenvalue weighted by atomic mass is 10.0. The Kier molecular flexibility index (Phi) is 6.52. The molecule has 0 aliphatic carbocycles. The van der Waals surface area contributed by atoms with Crippen LogP contribution in [0.1, 0.15) is 45.7 Å². The van der Waals surface area contributed by atoms with Gasteiger partial charge in [0.15, 0.2) is 0 Å². The van der Waals surface area contributed by atoms with E-state index in [1.165, 1.54) is 0 Å². The third-order valence-corrected chi connectivity index (χ3v) is 4.73. The largest absolute Gasteiger partial charge is 0.457 e. The summed E-state index contributed by atoms with van der Waals surface area (Å²) in [5.74, 6) is 0.499. The summed E-state index contributed by atoms with van der Waals surface area (Å²) in [5, 5.41) is 3.70. The predicted octanol–water partition coefficient (Wildman–Crippen LogP) is 5.11.